The van der Waals surface area contributed by atoms with Crippen molar-refractivity contribution in [2.75, 3.05) is 0 Å². The Kier molecular flexibility index (Phi) is 20.7. The summed E-state index contributed by atoms with van der Waals surface area (Å²) < 4.78 is 0. The average molecular weight is 357 g/mol. The molecule has 0 rings (SSSR count). The first-order chi connectivity index (χ1) is 11.2. The van der Waals surface area contributed by atoms with Crippen molar-refractivity contribution in [1.29, 1.82) is 0 Å². The molecule has 0 aliphatic rings. The molecule has 0 heterocycles. The number of hydrogen-bond acceptors (Lipinski definition) is 0. The van der Waals surface area contributed by atoms with Crippen LogP contribution < -0.4 is 0 Å². The average Bonchev–Trinajstić information content (AvgIpc) is 2.34. The zero-order valence-electron chi connectivity index (χ0n) is 20.6. The molecule has 0 radical (unpaired) electrons. The van der Waals surface area contributed by atoms with Gasteiger partial charge in [0, 0.05) is 0 Å². The van der Waals surface area contributed by atoms with E-state index in [1.165, 1.54) is 38.5 Å². The fourth-order valence-electron chi connectivity index (χ4n) is 2.65. The van der Waals surface area contributed by atoms with E-state index in [9.17, 15) is 0 Å². The molecule has 0 aliphatic carbocycles. The van der Waals surface area contributed by atoms with Gasteiger partial charge in [0.15, 0.2) is 0 Å². The van der Waals surface area contributed by atoms with Gasteiger partial charge in [-0.05, 0) is 47.8 Å². The molecule has 0 aromatic carbocycles. The SMILES string of the molecule is CC(C)CC(C)C.CC(C)CCC(C)C.CC(C)CCCC(C)(C)C. The van der Waals surface area contributed by atoms with Gasteiger partial charge < -0.3 is 0 Å². The van der Waals surface area contributed by atoms with E-state index < -0.39 is 0 Å². The summed E-state index contributed by atoms with van der Waals surface area (Å²) in [7, 11) is 0. The first kappa shape index (κ1) is 29.8. The predicted molar refractivity (Wildman–Crippen MR) is 121 cm³/mol. The summed E-state index contributed by atoms with van der Waals surface area (Å²) in [6.07, 6.45) is 8.28. The summed E-state index contributed by atoms with van der Waals surface area (Å²) in [5.74, 6) is 4.40. The highest BCUT2D eigenvalue weighted by Crippen LogP contribution is 2.22. The van der Waals surface area contributed by atoms with Crippen molar-refractivity contribution < 1.29 is 0 Å². The van der Waals surface area contributed by atoms with Crippen LogP contribution in [-0.2, 0) is 0 Å². The third-order valence-corrected chi connectivity index (χ3v) is 3.97. The maximum Gasteiger partial charge on any atom is -0.0383 e. The van der Waals surface area contributed by atoms with E-state index in [2.05, 4.69) is 90.0 Å². The van der Waals surface area contributed by atoms with Crippen LogP contribution in [-0.4, -0.2) is 0 Å². The Morgan fingerprint density at radius 1 is 0.480 bits per heavy atom. The summed E-state index contributed by atoms with van der Waals surface area (Å²) in [5, 5.41) is 0. The Balaban J connectivity index is -0.000000296. The lowest BCUT2D eigenvalue weighted by atomic mass is 9.88. The molecule has 0 atom stereocenters. The lowest BCUT2D eigenvalue weighted by Gasteiger charge is -2.18. The minimum absolute atomic E-state index is 0.537. The van der Waals surface area contributed by atoms with Crippen LogP contribution in [0.25, 0.3) is 0 Å². The molecular formula is C25H56. The Morgan fingerprint density at radius 2 is 0.800 bits per heavy atom. The summed E-state index contributed by atoms with van der Waals surface area (Å²) in [4.78, 5) is 0. The second kappa shape index (κ2) is 17.4. The van der Waals surface area contributed by atoms with Crippen LogP contribution in [0.3, 0.4) is 0 Å². The van der Waals surface area contributed by atoms with Crippen LogP contribution in [0.2, 0.25) is 0 Å². The van der Waals surface area contributed by atoms with Gasteiger partial charge in [-0.2, -0.15) is 0 Å². The molecule has 0 bridgehead atoms. The van der Waals surface area contributed by atoms with E-state index in [-0.39, 0.29) is 0 Å². The molecule has 0 saturated carbocycles. The normalized spacial score (nSPS) is 11.8. The third kappa shape index (κ3) is 45.4. The van der Waals surface area contributed by atoms with Crippen LogP contribution in [0, 0.1) is 35.0 Å². The molecule has 0 aromatic rings. The van der Waals surface area contributed by atoms with Crippen molar-refractivity contribution in [3.63, 3.8) is 0 Å². The monoisotopic (exact) mass is 356 g/mol. The Labute approximate surface area is 164 Å². The van der Waals surface area contributed by atoms with Crippen molar-refractivity contribution in [2.45, 2.75) is 129 Å². The number of hydrogen-bond donors (Lipinski definition) is 0. The van der Waals surface area contributed by atoms with Gasteiger partial charge in [0.05, 0.1) is 0 Å². The lowest BCUT2D eigenvalue weighted by Crippen LogP contribution is -2.04. The summed E-state index contributed by atoms with van der Waals surface area (Å²) in [6.45, 7) is 29.7. The maximum absolute atomic E-state index is 2.31. The highest BCUT2D eigenvalue weighted by molar-refractivity contribution is 4.61. The van der Waals surface area contributed by atoms with Crippen molar-refractivity contribution in [3.05, 3.63) is 0 Å². The fourth-order valence-corrected chi connectivity index (χ4v) is 2.65. The first-order valence-electron chi connectivity index (χ1n) is 11.2. The van der Waals surface area contributed by atoms with Gasteiger partial charge in [-0.1, -0.05) is 116 Å². The van der Waals surface area contributed by atoms with Gasteiger partial charge in [0.2, 0.25) is 0 Å². The summed E-state index contributed by atoms with van der Waals surface area (Å²) in [6, 6.07) is 0. The lowest BCUT2D eigenvalue weighted by molar-refractivity contribution is 0.347. The number of rotatable bonds is 8. The standard InChI is InChI=1S/C10H22.C8H18.C7H16/c1-9(2)7-6-8-10(3,4)5;1-7(2)5-6-8(3)4;1-6(2)5-7(3)4/h9H,6-8H2,1-5H3;7-8H,5-6H2,1-4H3;6-7H,5H2,1-4H3. The van der Waals surface area contributed by atoms with E-state index in [0.29, 0.717) is 5.41 Å². The predicted octanol–water partition coefficient (Wildman–Crippen LogP) is 9.63. The van der Waals surface area contributed by atoms with Crippen LogP contribution in [0.1, 0.15) is 129 Å². The van der Waals surface area contributed by atoms with Gasteiger partial charge in [-0.15, -0.1) is 0 Å². The maximum atomic E-state index is 2.31. The van der Waals surface area contributed by atoms with Gasteiger partial charge in [0.1, 0.15) is 0 Å². The minimum atomic E-state index is 0.537. The highest BCUT2D eigenvalue weighted by atomic mass is 14.1. The van der Waals surface area contributed by atoms with Crippen molar-refractivity contribution in [1.82, 2.24) is 0 Å². The zero-order chi connectivity index (χ0) is 20.6. The van der Waals surface area contributed by atoms with Gasteiger partial charge in [0.25, 0.3) is 0 Å². The van der Waals surface area contributed by atoms with E-state index in [1.54, 1.807) is 0 Å². The molecule has 0 unspecified atom stereocenters. The van der Waals surface area contributed by atoms with Crippen molar-refractivity contribution >= 4 is 0 Å². The van der Waals surface area contributed by atoms with Gasteiger partial charge >= 0.3 is 0 Å². The van der Waals surface area contributed by atoms with Gasteiger partial charge in [-0.3, -0.25) is 0 Å². The molecule has 0 aromatic heterocycles. The third-order valence-electron chi connectivity index (χ3n) is 3.97. The Hall–Kier alpha value is 0. The van der Waals surface area contributed by atoms with Crippen LogP contribution in [0.4, 0.5) is 0 Å². The molecule has 0 saturated heterocycles. The van der Waals surface area contributed by atoms with Gasteiger partial charge in [-0.25, -0.2) is 0 Å². The zero-order valence-corrected chi connectivity index (χ0v) is 20.6. The van der Waals surface area contributed by atoms with E-state index in [1.807, 2.05) is 0 Å². The Bertz CT molecular complexity index is 223. The largest absolute Gasteiger partial charge is 0.0628 e. The summed E-state index contributed by atoms with van der Waals surface area (Å²) in [5.41, 5.74) is 0.537. The van der Waals surface area contributed by atoms with Crippen LogP contribution in [0.15, 0.2) is 0 Å². The van der Waals surface area contributed by atoms with Crippen molar-refractivity contribution in [3.8, 4) is 0 Å². The molecule has 0 amide bonds. The van der Waals surface area contributed by atoms with Crippen LogP contribution in [0.5, 0.6) is 0 Å². The second-order valence-corrected chi connectivity index (χ2v) is 11.2. The highest BCUT2D eigenvalue weighted by Gasteiger charge is 2.09. The molecule has 0 N–H and O–H groups in total. The fraction of sp³-hybridized carbons (Fsp3) is 1.00. The Morgan fingerprint density at radius 3 is 0.960 bits per heavy atom. The first-order valence-corrected chi connectivity index (χ1v) is 11.2. The molecule has 0 fully saturated rings. The molecule has 25 heavy (non-hydrogen) atoms. The molecule has 0 heteroatoms. The topological polar surface area (TPSA) is 0 Å². The van der Waals surface area contributed by atoms with Crippen LogP contribution >= 0.6 is 0 Å². The molecular weight excluding hydrogens is 300 g/mol. The van der Waals surface area contributed by atoms with Crippen molar-refractivity contribution in [2.24, 2.45) is 35.0 Å². The second-order valence-electron chi connectivity index (χ2n) is 11.2. The van der Waals surface area contributed by atoms with E-state index in [4.69, 9.17) is 0 Å². The minimum Gasteiger partial charge on any atom is -0.0628 e. The smallest absolute Gasteiger partial charge is 0.0383 e. The summed E-state index contributed by atoms with van der Waals surface area (Å²) >= 11 is 0. The quantitative estimate of drug-likeness (QED) is 0.406. The van der Waals surface area contributed by atoms with E-state index >= 15 is 0 Å². The molecule has 0 aliphatic heterocycles. The molecule has 0 nitrogen and oxygen atoms in total. The molecule has 0 spiro atoms. The van der Waals surface area contributed by atoms with E-state index in [0.717, 1.165) is 29.6 Å². The molecule has 156 valence electrons.